The largest absolute Gasteiger partial charge is 0.396 e. The summed E-state index contributed by atoms with van der Waals surface area (Å²) < 4.78 is 6.67. The van der Waals surface area contributed by atoms with Crippen molar-refractivity contribution in [2.45, 2.75) is 30.6 Å². The number of rotatable bonds is 6. The molecule has 1 spiro atoms. The van der Waals surface area contributed by atoms with Crippen LogP contribution in [0.25, 0.3) is 0 Å². The molecule has 8 nitrogen and oxygen atoms in total. The first kappa shape index (κ1) is 25.8. The summed E-state index contributed by atoms with van der Waals surface area (Å²) in [7, 11) is 0. The first-order valence-electron chi connectivity index (χ1n) is 13.3. The van der Waals surface area contributed by atoms with Crippen molar-refractivity contribution in [3.05, 3.63) is 83.9 Å². The van der Waals surface area contributed by atoms with E-state index in [2.05, 4.69) is 0 Å². The molecule has 9 heteroatoms. The summed E-state index contributed by atoms with van der Waals surface area (Å²) in [4.78, 5) is 47.5. The van der Waals surface area contributed by atoms with Gasteiger partial charge in [0.2, 0.25) is 11.8 Å². The van der Waals surface area contributed by atoms with E-state index >= 15 is 0 Å². The zero-order valence-corrected chi connectivity index (χ0v) is 22.1. The number of carbonyl (C=O) groups is 3. The topological polar surface area (TPSA) is 90.4 Å². The van der Waals surface area contributed by atoms with Crippen LogP contribution in [0.5, 0.6) is 0 Å². The van der Waals surface area contributed by atoms with Crippen molar-refractivity contribution < 1.29 is 24.2 Å². The van der Waals surface area contributed by atoms with Crippen molar-refractivity contribution in [1.29, 1.82) is 0 Å². The molecule has 2 aromatic rings. The third kappa shape index (κ3) is 4.18. The Balaban J connectivity index is 1.42. The number of ether oxygens (including phenoxy) is 1. The molecule has 2 saturated heterocycles. The molecule has 202 valence electrons. The molecule has 2 aromatic carbocycles. The molecule has 39 heavy (non-hydrogen) atoms. The van der Waals surface area contributed by atoms with Crippen molar-refractivity contribution in [3.8, 4) is 0 Å². The van der Waals surface area contributed by atoms with E-state index in [1.165, 1.54) is 0 Å². The second kappa shape index (κ2) is 10.3. The molecule has 4 aliphatic rings. The van der Waals surface area contributed by atoms with E-state index in [0.717, 1.165) is 5.69 Å². The van der Waals surface area contributed by atoms with Gasteiger partial charge in [-0.3, -0.25) is 14.4 Å². The highest BCUT2D eigenvalue weighted by molar-refractivity contribution is 6.30. The maximum Gasteiger partial charge on any atom is 0.253 e. The lowest BCUT2D eigenvalue weighted by molar-refractivity contribution is -0.140. The van der Waals surface area contributed by atoms with Gasteiger partial charge >= 0.3 is 0 Å². The molecular weight excluding hydrogens is 518 g/mol. The number of halogens is 1. The first-order chi connectivity index (χ1) is 19.0. The van der Waals surface area contributed by atoms with Crippen LogP contribution in [0.1, 0.15) is 12.8 Å². The van der Waals surface area contributed by atoms with Gasteiger partial charge in [-0.1, -0.05) is 54.1 Å². The van der Waals surface area contributed by atoms with Crippen LogP contribution < -0.4 is 9.80 Å². The number of benzene rings is 2. The van der Waals surface area contributed by atoms with Crippen molar-refractivity contribution in [2.24, 2.45) is 11.8 Å². The highest BCUT2D eigenvalue weighted by Gasteiger charge is 2.71. The van der Waals surface area contributed by atoms with E-state index in [1.807, 2.05) is 54.6 Å². The molecule has 6 rings (SSSR count). The molecule has 0 saturated carbocycles. The van der Waals surface area contributed by atoms with Gasteiger partial charge in [0.25, 0.3) is 5.91 Å². The fourth-order valence-corrected chi connectivity index (χ4v) is 6.59. The van der Waals surface area contributed by atoms with E-state index in [-0.39, 0.29) is 30.9 Å². The van der Waals surface area contributed by atoms with E-state index in [9.17, 15) is 19.5 Å². The van der Waals surface area contributed by atoms with Crippen LogP contribution in [-0.4, -0.2) is 71.7 Å². The van der Waals surface area contributed by atoms with Crippen molar-refractivity contribution in [3.63, 3.8) is 0 Å². The molecule has 3 amide bonds. The molecule has 0 aromatic heterocycles. The van der Waals surface area contributed by atoms with Gasteiger partial charge in [0, 0.05) is 42.6 Å². The highest BCUT2D eigenvalue weighted by atomic mass is 35.5. The summed E-state index contributed by atoms with van der Waals surface area (Å²) >= 11 is 6.09. The van der Waals surface area contributed by atoms with Crippen LogP contribution in [-0.2, 0) is 19.1 Å². The SMILES string of the molecule is O=C1C2N(CCCCO)C(=O)[C@@H]3[C@H]4C(=O)N(c5ccccc5)CC=C[C@H]4O[C@]23C=CCN1c1ccc(Cl)cc1. The Morgan fingerprint density at radius 1 is 0.872 bits per heavy atom. The van der Waals surface area contributed by atoms with Gasteiger partial charge < -0.3 is 24.5 Å². The number of unbranched alkanes of at least 4 members (excludes halogenated alkanes) is 1. The Morgan fingerprint density at radius 2 is 1.56 bits per heavy atom. The predicted octanol–water partition coefficient (Wildman–Crippen LogP) is 3.20. The smallest absolute Gasteiger partial charge is 0.253 e. The number of aliphatic hydroxyl groups excluding tert-OH is 1. The minimum Gasteiger partial charge on any atom is -0.396 e. The summed E-state index contributed by atoms with van der Waals surface area (Å²) in [5.74, 6) is -2.36. The average Bonchev–Trinajstić information content (AvgIpc) is 3.25. The van der Waals surface area contributed by atoms with Gasteiger partial charge in [-0.05, 0) is 49.2 Å². The third-order valence-electron chi connectivity index (χ3n) is 8.17. The fourth-order valence-electron chi connectivity index (χ4n) is 6.46. The van der Waals surface area contributed by atoms with Gasteiger partial charge in [-0.15, -0.1) is 0 Å². The Morgan fingerprint density at radius 3 is 2.31 bits per heavy atom. The third-order valence-corrected chi connectivity index (χ3v) is 8.42. The molecule has 0 aliphatic carbocycles. The normalized spacial score (nSPS) is 29.8. The average molecular weight is 548 g/mol. The Kier molecular flexibility index (Phi) is 6.79. The number of carbonyl (C=O) groups excluding carboxylic acids is 3. The van der Waals surface area contributed by atoms with Crippen LogP contribution >= 0.6 is 11.6 Å². The summed E-state index contributed by atoms with van der Waals surface area (Å²) in [6.07, 6.45) is 7.84. The zero-order valence-electron chi connectivity index (χ0n) is 21.4. The molecule has 4 heterocycles. The van der Waals surface area contributed by atoms with Crippen LogP contribution in [0, 0.1) is 11.8 Å². The minimum absolute atomic E-state index is 0.0114. The Labute approximate surface area is 232 Å². The number of anilines is 2. The number of likely N-dealkylation sites (tertiary alicyclic amines) is 1. The number of hydrogen-bond donors (Lipinski definition) is 1. The maximum atomic E-state index is 14.3. The second-order valence-corrected chi connectivity index (χ2v) is 10.8. The van der Waals surface area contributed by atoms with Crippen LogP contribution in [0.3, 0.4) is 0 Å². The lowest BCUT2D eigenvalue weighted by Gasteiger charge is -2.35. The van der Waals surface area contributed by atoms with Gasteiger partial charge in [0.15, 0.2) is 0 Å². The molecule has 2 fully saturated rings. The van der Waals surface area contributed by atoms with Gasteiger partial charge in [-0.2, -0.15) is 0 Å². The van der Waals surface area contributed by atoms with E-state index in [4.69, 9.17) is 16.3 Å². The summed E-state index contributed by atoms with van der Waals surface area (Å²) in [6, 6.07) is 15.4. The molecule has 5 atom stereocenters. The number of para-hydroxylation sites is 1. The van der Waals surface area contributed by atoms with Crippen LogP contribution in [0.2, 0.25) is 5.02 Å². The second-order valence-electron chi connectivity index (χ2n) is 10.3. The van der Waals surface area contributed by atoms with Gasteiger partial charge in [0.05, 0.1) is 17.9 Å². The zero-order chi connectivity index (χ0) is 27.1. The van der Waals surface area contributed by atoms with Crippen LogP contribution in [0.4, 0.5) is 11.4 Å². The Bertz CT molecular complexity index is 1330. The fraction of sp³-hybridized carbons (Fsp3) is 0.367. The monoisotopic (exact) mass is 547 g/mol. The van der Waals surface area contributed by atoms with Crippen molar-refractivity contribution in [1.82, 2.24) is 4.90 Å². The van der Waals surface area contributed by atoms with E-state index in [1.54, 1.807) is 39.0 Å². The minimum atomic E-state index is -1.29. The Hall–Kier alpha value is -3.46. The number of amides is 3. The molecule has 0 bridgehead atoms. The lowest BCUT2D eigenvalue weighted by Crippen LogP contribution is -2.55. The number of fused-ring (bicyclic) bond motifs is 2. The maximum absolute atomic E-state index is 14.3. The predicted molar refractivity (Wildman–Crippen MR) is 147 cm³/mol. The summed E-state index contributed by atoms with van der Waals surface area (Å²) in [5.41, 5.74) is 0.122. The van der Waals surface area contributed by atoms with Crippen molar-refractivity contribution >= 4 is 40.7 Å². The van der Waals surface area contributed by atoms with Crippen LogP contribution in [0.15, 0.2) is 78.9 Å². The molecule has 1 N–H and O–H groups in total. The standard InChI is InChI=1S/C30H30ClN3O5/c31-20-11-13-22(14-12-20)33-18-7-15-30-25(28(37)34(16-4-5-19-35)26(30)29(33)38)24-23(39-30)10-6-17-32(27(24)36)21-8-2-1-3-9-21/h1-3,6-15,23-26,35H,4-5,16-19H2/t23-,24+,25+,26?,30+/m1/s1. The van der Waals surface area contributed by atoms with E-state index < -0.39 is 29.6 Å². The molecule has 4 aliphatic heterocycles. The summed E-state index contributed by atoms with van der Waals surface area (Å²) in [6.45, 7) is 0.935. The number of hydrogen-bond acceptors (Lipinski definition) is 5. The first-order valence-corrected chi connectivity index (χ1v) is 13.7. The molecule has 1 unspecified atom stereocenters. The highest BCUT2D eigenvalue weighted by Crippen LogP contribution is 2.53. The number of nitrogens with zero attached hydrogens (tertiary/aromatic N) is 3. The lowest BCUT2D eigenvalue weighted by atomic mass is 9.77. The van der Waals surface area contributed by atoms with E-state index in [0.29, 0.717) is 36.6 Å². The quantitative estimate of drug-likeness (QED) is 0.443. The number of aliphatic hydroxyl groups is 1. The molecular formula is C30H30ClN3O5. The summed E-state index contributed by atoms with van der Waals surface area (Å²) in [5, 5.41) is 9.94. The van der Waals surface area contributed by atoms with Crippen molar-refractivity contribution in [2.75, 3.05) is 36.0 Å². The molecule has 0 radical (unpaired) electrons. The van der Waals surface area contributed by atoms with Gasteiger partial charge in [0.1, 0.15) is 11.6 Å². The van der Waals surface area contributed by atoms with Gasteiger partial charge in [-0.25, -0.2) is 0 Å².